The van der Waals surface area contributed by atoms with Crippen molar-refractivity contribution in [3.8, 4) is 0 Å². The molecule has 1 aromatic carbocycles. The highest BCUT2D eigenvalue weighted by Crippen LogP contribution is 2.40. The second-order valence-corrected chi connectivity index (χ2v) is 6.81. The van der Waals surface area contributed by atoms with Crippen molar-refractivity contribution in [2.75, 3.05) is 5.32 Å². The highest BCUT2D eigenvalue weighted by Gasteiger charge is 2.41. The molecule has 0 spiro atoms. The molecule has 0 unspecified atom stereocenters. The second kappa shape index (κ2) is 5.68. The van der Waals surface area contributed by atoms with Crippen molar-refractivity contribution in [1.82, 2.24) is 0 Å². The van der Waals surface area contributed by atoms with Gasteiger partial charge in [0.1, 0.15) is 5.78 Å². The maximum absolute atomic E-state index is 12.4. The number of hydrogen-bond donors (Lipinski definition) is 1. The lowest BCUT2D eigenvalue weighted by atomic mass is 9.67. The van der Waals surface area contributed by atoms with Crippen molar-refractivity contribution in [2.24, 2.45) is 17.8 Å². The summed E-state index contributed by atoms with van der Waals surface area (Å²) >= 11 is 3.38. The van der Waals surface area contributed by atoms with E-state index >= 15 is 0 Å². The van der Waals surface area contributed by atoms with Crippen molar-refractivity contribution in [1.29, 1.82) is 0 Å². The maximum Gasteiger partial charge on any atom is 0.227 e. The van der Waals surface area contributed by atoms with Crippen LogP contribution in [0.1, 0.15) is 32.1 Å². The number of carbonyl (C=O) groups is 2. The topological polar surface area (TPSA) is 46.2 Å². The molecule has 2 saturated carbocycles. The molecular formula is C16H18BrNO2. The molecule has 0 aliphatic heterocycles. The average molecular weight is 336 g/mol. The number of Topliss-reactive ketones (excluding diaryl/α,β-unsaturated/α-hetero) is 1. The highest BCUT2D eigenvalue weighted by atomic mass is 79.9. The Bertz CT molecular complexity index is 510. The van der Waals surface area contributed by atoms with E-state index in [4.69, 9.17) is 0 Å². The minimum atomic E-state index is -0.00773. The summed E-state index contributed by atoms with van der Waals surface area (Å²) in [5.41, 5.74) is 0.820. The molecule has 0 aromatic heterocycles. The van der Waals surface area contributed by atoms with Crippen molar-refractivity contribution in [3.63, 3.8) is 0 Å². The van der Waals surface area contributed by atoms with Crippen LogP contribution in [0, 0.1) is 17.8 Å². The predicted molar refractivity (Wildman–Crippen MR) is 81.3 cm³/mol. The molecule has 1 aromatic rings. The Balaban J connectivity index is 1.66. The second-order valence-electron chi connectivity index (χ2n) is 5.89. The van der Waals surface area contributed by atoms with Crippen LogP contribution in [0.2, 0.25) is 0 Å². The van der Waals surface area contributed by atoms with E-state index in [1.54, 1.807) is 0 Å². The fraction of sp³-hybridized carbons (Fsp3) is 0.500. The third kappa shape index (κ3) is 2.80. The molecule has 0 heterocycles. The molecular weight excluding hydrogens is 318 g/mol. The summed E-state index contributed by atoms with van der Waals surface area (Å²) in [6.07, 6.45) is 4.55. The van der Waals surface area contributed by atoms with Crippen molar-refractivity contribution in [2.45, 2.75) is 32.1 Å². The standard InChI is InChI=1S/C16H18BrNO2/c17-13-4-6-14(7-5-13)18-16(20)12-8-10-2-1-3-11(9-12)15(10)19/h4-7,10-12H,1-3,8-9H2,(H,18,20)/t10-,11-/m1/s1. The zero-order valence-corrected chi connectivity index (χ0v) is 12.9. The summed E-state index contributed by atoms with van der Waals surface area (Å²) < 4.78 is 0.994. The first-order chi connectivity index (χ1) is 9.63. The third-order valence-corrected chi connectivity index (χ3v) is 5.06. The van der Waals surface area contributed by atoms with Crippen LogP contribution in [-0.2, 0) is 9.59 Å². The van der Waals surface area contributed by atoms with Gasteiger partial charge in [0.2, 0.25) is 5.91 Å². The Hall–Kier alpha value is -1.16. The van der Waals surface area contributed by atoms with Crippen molar-refractivity contribution in [3.05, 3.63) is 28.7 Å². The monoisotopic (exact) mass is 335 g/mol. The van der Waals surface area contributed by atoms with Crippen LogP contribution >= 0.6 is 15.9 Å². The molecule has 106 valence electrons. The van der Waals surface area contributed by atoms with Gasteiger partial charge >= 0.3 is 0 Å². The minimum absolute atomic E-state index is 0.00773. The van der Waals surface area contributed by atoms with Gasteiger partial charge in [-0.3, -0.25) is 9.59 Å². The molecule has 0 radical (unpaired) electrons. The molecule has 2 bridgehead atoms. The number of rotatable bonds is 2. The van der Waals surface area contributed by atoms with Crippen molar-refractivity contribution < 1.29 is 9.59 Å². The maximum atomic E-state index is 12.4. The molecule has 1 amide bonds. The van der Waals surface area contributed by atoms with Crippen molar-refractivity contribution >= 4 is 33.3 Å². The van der Waals surface area contributed by atoms with Gasteiger partial charge in [0.25, 0.3) is 0 Å². The van der Waals surface area contributed by atoms with E-state index in [2.05, 4.69) is 21.2 Å². The van der Waals surface area contributed by atoms with Crippen LogP contribution in [0.25, 0.3) is 0 Å². The first-order valence-corrected chi connectivity index (χ1v) is 8.03. The summed E-state index contributed by atoms with van der Waals surface area (Å²) in [6.45, 7) is 0. The molecule has 0 saturated heterocycles. The molecule has 3 nitrogen and oxygen atoms in total. The number of fused-ring (bicyclic) bond motifs is 2. The number of benzene rings is 1. The first kappa shape index (κ1) is 13.8. The number of anilines is 1. The van der Waals surface area contributed by atoms with Gasteiger partial charge in [-0.1, -0.05) is 22.4 Å². The Morgan fingerprint density at radius 3 is 2.30 bits per heavy atom. The molecule has 2 aliphatic rings. The summed E-state index contributed by atoms with van der Waals surface area (Å²) in [5.74, 6) is 0.721. The third-order valence-electron chi connectivity index (χ3n) is 4.53. The van der Waals surface area contributed by atoms with E-state index in [9.17, 15) is 9.59 Å². The number of ketones is 1. The van der Waals surface area contributed by atoms with Crippen LogP contribution in [-0.4, -0.2) is 11.7 Å². The van der Waals surface area contributed by atoms with E-state index in [0.29, 0.717) is 5.78 Å². The SMILES string of the molecule is O=C(Nc1ccc(Br)cc1)C1C[C@H]2CCC[C@H](C1)C2=O. The molecule has 20 heavy (non-hydrogen) atoms. The predicted octanol–water partition coefficient (Wildman–Crippen LogP) is 3.78. The lowest BCUT2D eigenvalue weighted by Gasteiger charge is -2.36. The molecule has 4 heteroatoms. The van der Waals surface area contributed by atoms with Gasteiger partial charge in [-0.25, -0.2) is 0 Å². The van der Waals surface area contributed by atoms with Gasteiger partial charge in [0.15, 0.2) is 0 Å². The van der Waals surface area contributed by atoms with E-state index in [-0.39, 0.29) is 23.7 Å². The van der Waals surface area contributed by atoms with Gasteiger partial charge in [-0.2, -0.15) is 0 Å². The molecule has 2 aliphatic carbocycles. The van der Waals surface area contributed by atoms with Gasteiger partial charge in [-0.05, 0) is 49.9 Å². The number of carbonyl (C=O) groups excluding carboxylic acids is 2. The first-order valence-electron chi connectivity index (χ1n) is 7.23. The minimum Gasteiger partial charge on any atom is -0.326 e. The normalized spacial score (nSPS) is 29.1. The fourth-order valence-electron chi connectivity index (χ4n) is 3.47. The van der Waals surface area contributed by atoms with E-state index in [1.807, 2.05) is 24.3 Å². The molecule has 2 fully saturated rings. The molecule has 2 atom stereocenters. The van der Waals surface area contributed by atoms with Gasteiger partial charge < -0.3 is 5.32 Å². The Morgan fingerprint density at radius 2 is 1.70 bits per heavy atom. The van der Waals surface area contributed by atoms with E-state index in [1.165, 1.54) is 0 Å². The lowest BCUT2D eigenvalue weighted by molar-refractivity contribution is -0.136. The highest BCUT2D eigenvalue weighted by molar-refractivity contribution is 9.10. The van der Waals surface area contributed by atoms with E-state index in [0.717, 1.165) is 42.3 Å². The van der Waals surface area contributed by atoms with Crippen LogP contribution in [0.3, 0.4) is 0 Å². The summed E-state index contributed by atoms with van der Waals surface area (Å²) in [5, 5.41) is 2.97. The summed E-state index contributed by atoms with van der Waals surface area (Å²) in [4.78, 5) is 24.4. The smallest absolute Gasteiger partial charge is 0.227 e. The summed E-state index contributed by atoms with van der Waals surface area (Å²) in [7, 11) is 0. The molecule has 3 rings (SSSR count). The quantitative estimate of drug-likeness (QED) is 0.893. The zero-order chi connectivity index (χ0) is 14.1. The number of amides is 1. The van der Waals surface area contributed by atoms with Crippen LogP contribution < -0.4 is 5.32 Å². The average Bonchev–Trinajstić information content (AvgIpc) is 2.41. The number of nitrogens with one attached hydrogen (secondary N) is 1. The molecule has 1 N–H and O–H groups in total. The van der Waals surface area contributed by atoms with Gasteiger partial charge in [0.05, 0.1) is 0 Å². The Kier molecular flexibility index (Phi) is 3.92. The number of halogens is 1. The van der Waals surface area contributed by atoms with Crippen LogP contribution in [0.4, 0.5) is 5.69 Å². The lowest BCUT2D eigenvalue weighted by Crippen LogP contribution is -2.40. The Morgan fingerprint density at radius 1 is 1.10 bits per heavy atom. The summed E-state index contributed by atoms with van der Waals surface area (Å²) in [6, 6.07) is 7.59. The van der Waals surface area contributed by atoms with Crippen LogP contribution in [0.5, 0.6) is 0 Å². The van der Waals surface area contributed by atoms with Gasteiger partial charge in [0, 0.05) is 27.9 Å². The van der Waals surface area contributed by atoms with Crippen LogP contribution in [0.15, 0.2) is 28.7 Å². The Labute approximate surface area is 127 Å². The number of hydrogen-bond acceptors (Lipinski definition) is 2. The van der Waals surface area contributed by atoms with Gasteiger partial charge in [-0.15, -0.1) is 0 Å². The van der Waals surface area contributed by atoms with E-state index < -0.39 is 0 Å². The fourth-order valence-corrected chi connectivity index (χ4v) is 3.74. The largest absolute Gasteiger partial charge is 0.326 e. The zero-order valence-electron chi connectivity index (χ0n) is 11.3.